The van der Waals surface area contributed by atoms with Crippen molar-refractivity contribution in [3.05, 3.63) is 28.3 Å². The fourth-order valence-electron chi connectivity index (χ4n) is 1.68. The van der Waals surface area contributed by atoms with Crippen LogP contribution in [0.25, 0.3) is 0 Å². The lowest BCUT2D eigenvalue weighted by Gasteiger charge is -2.13. The predicted octanol–water partition coefficient (Wildman–Crippen LogP) is 3.14. The topological polar surface area (TPSA) is 38.0 Å². The van der Waals surface area contributed by atoms with E-state index < -0.39 is 0 Å². The number of nitrogens with two attached hydrogens (primary N) is 1. The highest BCUT2D eigenvalue weighted by Gasteiger charge is 2.07. The summed E-state index contributed by atoms with van der Waals surface area (Å²) in [4.78, 5) is 0. The molecule has 2 nitrogen and oxygen atoms in total. The van der Waals surface area contributed by atoms with Crippen LogP contribution in [0.3, 0.4) is 0 Å². The van der Waals surface area contributed by atoms with Gasteiger partial charge in [-0.2, -0.15) is 0 Å². The van der Waals surface area contributed by atoms with Gasteiger partial charge in [-0.25, -0.2) is 0 Å². The summed E-state index contributed by atoms with van der Waals surface area (Å²) >= 11 is 5.98. The van der Waals surface area contributed by atoms with E-state index in [9.17, 15) is 0 Å². The van der Waals surface area contributed by atoms with Gasteiger partial charge in [-0.1, -0.05) is 31.9 Å². The Bertz CT molecular complexity index is 285. The van der Waals surface area contributed by atoms with Gasteiger partial charge >= 0.3 is 0 Å². The van der Waals surface area contributed by atoms with Gasteiger partial charge in [0, 0.05) is 5.02 Å². The Balaban J connectivity index is 3.18. The van der Waals surface area contributed by atoms with Gasteiger partial charge in [0.2, 0.25) is 0 Å². The number of nitrogens with one attached hydrogen (secondary N) is 1. The number of halogens is 1. The van der Waals surface area contributed by atoms with Crippen LogP contribution in [0.4, 0.5) is 5.69 Å². The first-order valence-electron chi connectivity index (χ1n) is 5.00. The number of hydrogen-bond donors (Lipinski definition) is 2. The van der Waals surface area contributed by atoms with Crippen molar-refractivity contribution in [2.45, 2.75) is 33.1 Å². The summed E-state index contributed by atoms with van der Waals surface area (Å²) in [5.74, 6) is 5.46. The molecule has 3 heteroatoms. The normalized spacial score (nSPS) is 10.3. The standard InChI is InChI=1S/C11H17ClN2/c1-3-5-10-8(4-2)6-9(12)7-11(10)14-13/h6-7,14H,3-5,13H2,1-2H3. The number of anilines is 1. The molecule has 0 heterocycles. The van der Waals surface area contributed by atoms with Crippen LogP contribution >= 0.6 is 11.6 Å². The number of nitrogen functional groups attached to an aromatic ring is 1. The molecule has 78 valence electrons. The number of hydrazine groups is 1. The average Bonchev–Trinajstić information content (AvgIpc) is 2.20. The van der Waals surface area contributed by atoms with Crippen LogP contribution in [-0.4, -0.2) is 0 Å². The fraction of sp³-hybridized carbons (Fsp3) is 0.455. The van der Waals surface area contributed by atoms with Crippen molar-refractivity contribution in [2.75, 3.05) is 5.43 Å². The van der Waals surface area contributed by atoms with E-state index in [1.807, 2.05) is 12.1 Å². The van der Waals surface area contributed by atoms with E-state index in [1.165, 1.54) is 11.1 Å². The van der Waals surface area contributed by atoms with Crippen molar-refractivity contribution in [2.24, 2.45) is 5.84 Å². The highest BCUT2D eigenvalue weighted by atomic mass is 35.5. The molecule has 1 rings (SSSR count). The maximum Gasteiger partial charge on any atom is 0.0534 e. The van der Waals surface area contributed by atoms with E-state index in [1.54, 1.807) is 0 Å². The minimum Gasteiger partial charge on any atom is -0.324 e. The summed E-state index contributed by atoms with van der Waals surface area (Å²) < 4.78 is 0. The number of benzene rings is 1. The highest BCUT2D eigenvalue weighted by molar-refractivity contribution is 6.31. The van der Waals surface area contributed by atoms with Crippen molar-refractivity contribution in [1.29, 1.82) is 0 Å². The second-order valence-corrected chi connectivity index (χ2v) is 3.78. The Labute approximate surface area is 90.4 Å². The summed E-state index contributed by atoms with van der Waals surface area (Å²) in [6.45, 7) is 4.29. The minimum absolute atomic E-state index is 0.745. The molecular weight excluding hydrogens is 196 g/mol. The molecule has 1 aromatic carbocycles. The van der Waals surface area contributed by atoms with Gasteiger partial charge in [-0.05, 0) is 36.1 Å². The number of rotatable bonds is 4. The molecule has 0 spiro atoms. The number of hydrogen-bond acceptors (Lipinski definition) is 2. The third-order valence-corrected chi connectivity index (χ3v) is 2.56. The zero-order valence-corrected chi connectivity index (χ0v) is 9.49. The van der Waals surface area contributed by atoms with Crippen LogP contribution in [0.15, 0.2) is 12.1 Å². The molecule has 0 atom stereocenters. The van der Waals surface area contributed by atoms with Crippen LogP contribution in [0.5, 0.6) is 0 Å². The van der Waals surface area contributed by atoms with Crippen molar-refractivity contribution >= 4 is 17.3 Å². The van der Waals surface area contributed by atoms with E-state index in [2.05, 4.69) is 19.3 Å². The molecule has 0 fully saturated rings. The lowest BCUT2D eigenvalue weighted by atomic mass is 9.99. The molecule has 0 aromatic heterocycles. The van der Waals surface area contributed by atoms with Gasteiger partial charge < -0.3 is 5.43 Å². The first-order valence-corrected chi connectivity index (χ1v) is 5.38. The first-order chi connectivity index (χ1) is 6.72. The summed E-state index contributed by atoms with van der Waals surface area (Å²) in [5, 5.41) is 0.745. The zero-order valence-electron chi connectivity index (χ0n) is 8.73. The molecular formula is C11H17ClN2. The van der Waals surface area contributed by atoms with E-state index in [4.69, 9.17) is 17.4 Å². The van der Waals surface area contributed by atoms with Crippen LogP contribution in [0, 0.1) is 0 Å². The van der Waals surface area contributed by atoms with Crippen LogP contribution in [-0.2, 0) is 12.8 Å². The Kier molecular flexibility index (Phi) is 4.23. The van der Waals surface area contributed by atoms with Crippen LogP contribution in [0.2, 0.25) is 5.02 Å². The first kappa shape index (κ1) is 11.3. The molecule has 0 saturated heterocycles. The molecule has 0 aliphatic heterocycles. The van der Waals surface area contributed by atoms with Gasteiger partial charge in [-0.3, -0.25) is 5.84 Å². The molecule has 0 aliphatic rings. The van der Waals surface area contributed by atoms with E-state index >= 15 is 0 Å². The largest absolute Gasteiger partial charge is 0.324 e. The summed E-state index contributed by atoms with van der Waals surface area (Å²) in [7, 11) is 0. The van der Waals surface area contributed by atoms with Gasteiger partial charge in [0.1, 0.15) is 0 Å². The summed E-state index contributed by atoms with van der Waals surface area (Å²) in [6.07, 6.45) is 3.15. The van der Waals surface area contributed by atoms with Gasteiger partial charge in [-0.15, -0.1) is 0 Å². The molecule has 1 aromatic rings. The van der Waals surface area contributed by atoms with Gasteiger partial charge in [0.05, 0.1) is 5.69 Å². The molecule has 3 N–H and O–H groups in total. The van der Waals surface area contributed by atoms with Crippen LogP contribution < -0.4 is 11.3 Å². The highest BCUT2D eigenvalue weighted by Crippen LogP contribution is 2.26. The number of aryl methyl sites for hydroxylation is 1. The maximum atomic E-state index is 5.98. The quantitative estimate of drug-likeness (QED) is 0.595. The minimum atomic E-state index is 0.745. The van der Waals surface area contributed by atoms with Crippen molar-refractivity contribution in [1.82, 2.24) is 0 Å². The van der Waals surface area contributed by atoms with E-state index in [-0.39, 0.29) is 0 Å². The summed E-state index contributed by atoms with van der Waals surface area (Å²) in [5.41, 5.74) is 6.24. The zero-order chi connectivity index (χ0) is 10.6. The summed E-state index contributed by atoms with van der Waals surface area (Å²) in [6, 6.07) is 3.90. The fourth-order valence-corrected chi connectivity index (χ4v) is 1.92. The molecule has 0 radical (unpaired) electrons. The molecule has 0 bridgehead atoms. The van der Waals surface area contributed by atoms with Crippen molar-refractivity contribution < 1.29 is 0 Å². The monoisotopic (exact) mass is 212 g/mol. The molecule has 0 saturated carbocycles. The third kappa shape index (κ3) is 2.40. The van der Waals surface area contributed by atoms with E-state index in [0.29, 0.717) is 0 Å². The van der Waals surface area contributed by atoms with E-state index in [0.717, 1.165) is 30.0 Å². The maximum absolute atomic E-state index is 5.98. The van der Waals surface area contributed by atoms with Gasteiger partial charge in [0.25, 0.3) is 0 Å². The SMILES string of the molecule is CCCc1c(CC)cc(Cl)cc1NN. The van der Waals surface area contributed by atoms with Crippen molar-refractivity contribution in [3.8, 4) is 0 Å². The molecule has 0 aliphatic carbocycles. The second kappa shape index (κ2) is 5.23. The Morgan fingerprint density at radius 2 is 2.07 bits per heavy atom. The Hall–Kier alpha value is -0.730. The third-order valence-electron chi connectivity index (χ3n) is 2.34. The smallest absolute Gasteiger partial charge is 0.0534 e. The molecule has 14 heavy (non-hydrogen) atoms. The second-order valence-electron chi connectivity index (χ2n) is 3.34. The molecule has 0 amide bonds. The predicted molar refractivity (Wildman–Crippen MR) is 62.6 cm³/mol. The lowest BCUT2D eigenvalue weighted by Crippen LogP contribution is -2.10. The molecule has 0 unspecified atom stereocenters. The van der Waals surface area contributed by atoms with Crippen molar-refractivity contribution in [3.63, 3.8) is 0 Å². The average molecular weight is 213 g/mol. The Morgan fingerprint density at radius 1 is 1.36 bits per heavy atom. The Morgan fingerprint density at radius 3 is 2.57 bits per heavy atom. The lowest BCUT2D eigenvalue weighted by molar-refractivity contribution is 0.899. The van der Waals surface area contributed by atoms with Crippen LogP contribution in [0.1, 0.15) is 31.4 Å². The van der Waals surface area contributed by atoms with Gasteiger partial charge in [0.15, 0.2) is 0 Å².